The van der Waals surface area contributed by atoms with Gasteiger partial charge in [0.1, 0.15) is 10.3 Å². The summed E-state index contributed by atoms with van der Waals surface area (Å²) >= 11 is 15.2. The van der Waals surface area contributed by atoms with E-state index in [1.54, 1.807) is 19.1 Å². The molecule has 0 aliphatic heterocycles. The average molecular weight is 363 g/mol. The van der Waals surface area contributed by atoms with Crippen molar-refractivity contribution in [2.75, 3.05) is 0 Å². The molecule has 0 N–H and O–H groups in total. The molecular formula is C12H10BrCl2N3O. The molecule has 2 aromatic rings. The van der Waals surface area contributed by atoms with Crippen molar-refractivity contribution in [1.29, 1.82) is 0 Å². The summed E-state index contributed by atoms with van der Waals surface area (Å²) in [5.41, 5.74) is 1.86. The Morgan fingerprint density at radius 2 is 1.95 bits per heavy atom. The number of aryl methyl sites for hydroxylation is 1. The molecule has 0 amide bonds. The number of nitrogens with zero attached hydrogens (tertiary/aromatic N) is 3. The first-order chi connectivity index (χ1) is 8.90. The Kier molecular flexibility index (Phi) is 4.28. The fourth-order valence-corrected chi connectivity index (χ4v) is 2.40. The van der Waals surface area contributed by atoms with Gasteiger partial charge < -0.3 is 0 Å². The molecule has 0 aromatic carbocycles. The van der Waals surface area contributed by atoms with E-state index in [4.69, 9.17) is 23.2 Å². The molecule has 0 unspecified atom stereocenters. The quantitative estimate of drug-likeness (QED) is 0.769. The van der Waals surface area contributed by atoms with Gasteiger partial charge in [0.05, 0.1) is 16.7 Å². The minimum Gasteiger partial charge on any atom is -0.291 e. The molecule has 0 aliphatic carbocycles. The van der Waals surface area contributed by atoms with Gasteiger partial charge in [-0.05, 0) is 35.8 Å². The van der Waals surface area contributed by atoms with Crippen LogP contribution in [-0.2, 0) is 6.54 Å². The van der Waals surface area contributed by atoms with Crippen LogP contribution in [-0.4, -0.2) is 14.5 Å². The molecule has 0 aliphatic rings. The van der Waals surface area contributed by atoms with Gasteiger partial charge in [0.25, 0.3) is 0 Å². The van der Waals surface area contributed by atoms with Crippen molar-refractivity contribution in [1.82, 2.24) is 14.5 Å². The molecule has 100 valence electrons. The number of hydrogen-bond acceptors (Lipinski definition) is 3. The zero-order valence-corrected chi connectivity index (χ0v) is 13.3. The second kappa shape index (κ2) is 5.61. The molecule has 0 fully saturated rings. The number of halogens is 3. The normalized spacial score (nSPS) is 10.8. The molecule has 0 spiro atoms. The van der Waals surface area contributed by atoms with Crippen LogP contribution in [0.15, 0.2) is 21.4 Å². The Morgan fingerprint density at radius 3 is 2.58 bits per heavy atom. The Hall–Kier alpha value is -0.910. The van der Waals surface area contributed by atoms with E-state index < -0.39 is 0 Å². The summed E-state index contributed by atoms with van der Waals surface area (Å²) in [7, 11) is 0. The van der Waals surface area contributed by atoms with Crippen molar-refractivity contribution in [2.24, 2.45) is 0 Å². The predicted octanol–water partition coefficient (Wildman–Crippen LogP) is 3.37. The number of aromatic nitrogens is 3. The second-order valence-electron chi connectivity index (χ2n) is 4.05. The van der Waals surface area contributed by atoms with Crippen molar-refractivity contribution in [3.8, 4) is 0 Å². The minimum absolute atomic E-state index is 0.287. The highest BCUT2D eigenvalue weighted by Crippen LogP contribution is 2.20. The van der Waals surface area contributed by atoms with Crippen molar-refractivity contribution in [3.63, 3.8) is 0 Å². The number of rotatable bonds is 2. The Morgan fingerprint density at radius 1 is 1.26 bits per heavy atom. The van der Waals surface area contributed by atoms with Crippen LogP contribution >= 0.6 is 39.1 Å². The molecule has 0 bridgehead atoms. The summed E-state index contributed by atoms with van der Waals surface area (Å²) in [4.78, 5) is 19.8. The van der Waals surface area contributed by atoms with Crippen molar-refractivity contribution >= 4 is 39.1 Å². The van der Waals surface area contributed by atoms with E-state index in [1.165, 1.54) is 4.57 Å². The van der Waals surface area contributed by atoms with Gasteiger partial charge in [0, 0.05) is 11.3 Å². The van der Waals surface area contributed by atoms with E-state index in [0.717, 1.165) is 10.2 Å². The van der Waals surface area contributed by atoms with Gasteiger partial charge in [-0.2, -0.15) is 4.98 Å². The predicted molar refractivity (Wildman–Crippen MR) is 79.0 cm³/mol. The fourth-order valence-electron chi connectivity index (χ4n) is 1.69. The van der Waals surface area contributed by atoms with Gasteiger partial charge in [-0.25, -0.2) is 9.78 Å². The lowest BCUT2D eigenvalue weighted by Gasteiger charge is -2.12. The van der Waals surface area contributed by atoms with Crippen LogP contribution in [0.5, 0.6) is 0 Å². The van der Waals surface area contributed by atoms with Crippen LogP contribution in [0.25, 0.3) is 0 Å². The van der Waals surface area contributed by atoms with Crippen LogP contribution < -0.4 is 5.69 Å². The Labute approximate surface area is 128 Å². The third-order valence-corrected chi connectivity index (χ3v) is 4.44. The van der Waals surface area contributed by atoms with E-state index in [-0.39, 0.29) is 10.8 Å². The SMILES string of the molecule is Cc1nc(=O)n(Cc2ccc(Cl)nc2Cl)c(C)c1Br. The van der Waals surface area contributed by atoms with Gasteiger partial charge in [0.2, 0.25) is 0 Å². The average Bonchev–Trinajstić information content (AvgIpc) is 2.34. The van der Waals surface area contributed by atoms with Gasteiger partial charge in [-0.1, -0.05) is 29.3 Å². The lowest BCUT2D eigenvalue weighted by molar-refractivity contribution is 0.687. The van der Waals surface area contributed by atoms with Gasteiger partial charge in [-0.15, -0.1) is 0 Å². The van der Waals surface area contributed by atoms with E-state index in [2.05, 4.69) is 25.9 Å². The van der Waals surface area contributed by atoms with E-state index in [1.807, 2.05) is 6.92 Å². The zero-order valence-electron chi connectivity index (χ0n) is 10.2. The highest BCUT2D eigenvalue weighted by molar-refractivity contribution is 9.10. The molecule has 2 heterocycles. The van der Waals surface area contributed by atoms with Crippen molar-refractivity contribution < 1.29 is 0 Å². The zero-order chi connectivity index (χ0) is 14.2. The number of hydrogen-bond donors (Lipinski definition) is 0. The van der Waals surface area contributed by atoms with Crippen molar-refractivity contribution in [2.45, 2.75) is 20.4 Å². The second-order valence-corrected chi connectivity index (χ2v) is 5.59. The topological polar surface area (TPSA) is 47.8 Å². The summed E-state index contributed by atoms with van der Waals surface area (Å²) in [6.07, 6.45) is 0. The first-order valence-corrected chi connectivity index (χ1v) is 6.99. The summed E-state index contributed by atoms with van der Waals surface area (Å²) in [5, 5.41) is 0.608. The summed E-state index contributed by atoms with van der Waals surface area (Å²) in [6, 6.07) is 3.39. The molecule has 0 saturated carbocycles. The molecular weight excluding hydrogens is 353 g/mol. The maximum Gasteiger partial charge on any atom is 0.348 e. The van der Waals surface area contributed by atoms with Crippen LogP contribution in [0.2, 0.25) is 10.3 Å². The maximum absolute atomic E-state index is 11.9. The third-order valence-electron chi connectivity index (χ3n) is 2.75. The first kappa shape index (κ1) is 14.5. The fraction of sp³-hybridized carbons (Fsp3) is 0.250. The molecule has 0 saturated heterocycles. The highest BCUT2D eigenvalue weighted by atomic mass is 79.9. The third kappa shape index (κ3) is 2.99. The van der Waals surface area contributed by atoms with Crippen LogP contribution in [0, 0.1) is 13.8 Å². The first-order valence-electron chi connectivity index (χ1n) is 5.44. The van der Waals surface area contributed by atoms with Crippen LogP contribution in [0.1, 0.15) is 17.0 Å². The summed E-state index contributed by atoms with van der Waals surface area (Å²) in [6.45, 7) is 3.93. The van der Waals surface area contributed by atoms with Gasteiger partial charge in [-0.3, -0.25) is 4.57 Å². The smallest absolute Gasteiger partial charge is 0.291 e. The summed E-state index contributed by atoms with van der Waals surface area (Å²) in [5.74, 6) is 0. The monoisotopic (exact) mass is 361 g/mol. The molecule has 4 nitrogen and oxygen atoms in total. The minimum atomic E-state index is -0.316. The molecule has 2 aromatic heterocycles. The summed E-state index contributed by atoms with van der Waals surface area (Å²) < 4.78 is 2.35. The molecule has 0 atom stereocenters. The van der Waals surface area contributed by atoms with E-state index in [9.17, 15) is 4.79 Å². The van der Waals surface area contributed by atoms with Crippen LogP contribution in [0.4, 0.5) is 0 Å². The van der Waals surface area contributed by atoms with E-state index in [0.29, 0.717) is 23.0 Å². The standard InChI is InChI=1S/C12H10BrCl2N3O/c1-6-10(13)7(2)18(12(19)16-6)5-8-3-4-9(14)17-11(8)15/h3-4H,5H2,1-2H3. The lowest BCUT2D eigenvalue weighted by atomic mass is 10.2. The Bertz CT molecular complexity index is 700. The molecule has 2 rings (SSSR count). The van der Waals surface area contributed by atoms with Crippen molar-refractivity contribution in [3.05, 3.63) is 54.3 Å². The number of pyridine rings is 1. The molecule has 7 heteroatoms. The Balaban J connectivity index is 2.50. The lowest BCUT2D eigenvalue weighted by Crippen LogP contribution is -2.27. The largest absolute Gasteiger partial charge is 0.348 e. The van der Waals surface area contributed by atoms with Gasteiger partial charge >= 0.3 is 5.69 Å². The van der Waals surface area contributed by atoms with Gasteiger partial charge in [0.15, 0.2) is 0 Å². The highest BCUT2D eigenvalue weighted by Gasteiger charge is 2.11. The van der Waals surface area contributed by atoms with Crippen LogP contribution in [0.3, 0.4) is 0 Å². The van der Waals surface area contributed by atoms with E-state index >= 15 is 0 Å². The molecule has 0 radical (unpaired) electrons. The maximum atomic E-state index is 11.9. The molecule has 19 heavy (non-hydrogen) atoms.